The first-order valence-electron chi connectivity index (χ1n) is 7.54. The van der Waals surface area contributed by atoms with Crippen LogP contribution in [0.1, 0.15) is 34.6 Å². The smallest absolute Gasteiger partial charge is 0.264 e. The van der Waals surface area contributed by atoms with Gasteiger partial charge in [-0.2, -0.15) is 8.42 Å². The predicted molar refractivity (Wildman–Crippen MR) is 87.5 cm³/mol. The van der Waals surface area contributed by atoms with E-state index in [9.17, 15) is 8.42 Å². The molecule has 1 aliphatic rings. The van der Waals surface area contributed by atoms with Crippen LogP contribution in [0.2, 0.25) is 0 Å². The molecular weight excluding hydrogens is 296 g/mol. The quantitative estimate of drug-likeness (QED) is 0.813. The standard InChI is InChI=1S/C18H20O3S/c1-22(19,20)21-13-12-18-16-8-4-2-6-14(16)10-11-15-7-3-5-9-17(15)18/h2-9,18H,10-13H2,1H3. The topological polar surface area (TPSA) is 43.4 Å². The van der Waals surface area contributed by atoms with Gasteiger partial charge < -0.3 is 0 Å². The van der Waals surface area contributed by atoms with Crippen LogP contribution in [0.25, 0.3) is 0 Å². The number of hydrogen-bond acceptors (Lipinski definition) is 3. The third-order valence-corrected chi connectivity index (χ3v) is 4.82. The Hall–Kier alpha value is -1.65. The molecular formula is C18H20O3S. The lowest BCUT2D eigenvalue weighted by Crippen LogP contribution is -2.10. The fourth-order valence-electron chi connectivity index (χ4n) is 3.27. The minimum atomic E-state index is -3.39. The first-order chi connectivity index (χ1) is 10.5. The van der Waals surface area contributed by atoms with Crippen molar-refractivity contribution in [3.05, 3.63) is 70.8 Å². The number of aryl methyl sites for hydroxylation is 2. The molecule has 0 unspecified atom stereocenters. The summed E-state index contributed by atoms with van der Waals surface area (Å²) >= 11 is 0. The van der Waals surface area contributed by atoms with E-state index in [-0.39, 0.29) is 12.5 Å². The van der Waals surface area contributed by atoms with E-state index in [0.717, 1.165) is 19.1 Å². The molecule has 2 aromatic rings. The van der Waals surface area contributed by atoms with Crippen molar-refractivity contribution in [3.8, 4) is 0 Å². The van der Waals surface area contributed by atoms with Gasteiger partial charge in [-0.15, -0.1) is 0 Å². The van der Waals surface area contributed by atoms with Crippen LogP contribution in [0.5, 0.6) is 0 Å². The third-order valence-electron chi connectivity index (χ3n) is 4.23. The molecule has 0 N–H and O–H groups in total. The summed E-state index contributed by atoms with van der Waals surface area (Å²) in [4.78, 5) is 0. The second-order valence-electron chi connectivity index (χ2n) is 5.76. The summed E-state index contributed by atoms with van der Waals surface area (Å²) in [7, 11) is -3.39. The lowest BCUT2D eigenvalue weighted by Gasteiger charge is -2.20. The molecule has 0 saturated carbocycles. The number of hydrogen-bond donors (Lipinski definition) is 0. The molecule has 116 valence electrons. The SMILES string of the molecule is CS(=O)(=O)OCCC1c2ccccc2CCc2ccccc21. The van der Waals surface area contributed by atoms with E-state index in [2.05, 4.69) is 48.5 Å². The van der Waals surface area contributed by atoms with Gasteiger partial charge in [0.2, 0.25) is 0 Å². The molecule has 0 saturated heterocycles. The normalized spacial score (nSPS) is 15.0. The molecule has 0 radical (unpaired) electrons. The van der Waals surface area contributed by atoms with Gasteiger partial charge in [0.25, 0.3) is 10.1 Å². The summed E-state index contributed by atoms with van der Waals surface area (Å²) in [6.07, 6.45) is 3.82. The van der Waals surface area contributed by atoms with Crippen LogP contribution in [-0.4, -0.2) is 21.3 Å². The monoisotopic (exact) mass is 316 g/mol. The Labute approximate surface area is 132 Å². The van der Waals surface area contributed by atoms with Crippen LogP contribution in [0, 0.1) is 0 Å². The average molecular weight is 316 g/mol. The molecule has 0 bridgehead atoms. The number of rotatable bonds is 4. The Balaban J connectivity index is 1.95. The molecule has 0 amide bonds. The van der Waals surface area contributed by atoms with Crippen molar-refractivity contribution >= 4 is 10.1 Å². The van der Waals surface area contributed by atoms with Crippen LogP contribution in [0.15, 0.2) is 48.5 Å². The Bertz CT molecular complexity index is 718. The third kappa shape index (κ3) is 3.39. The van der Waals surface area contributed by atoms with Gasteiger partial charge in [-0.25, -0.2) is 0 Å². The summed E-state index contributed by atoms with van der Waals surface area (Å²) in [6.45, 7) is 0.214. The molecule has 2 aromatic carbocycles. The fraction of sp³-hybridized carbons (Fsp3) is 0.333. The Morgan fingerprint density at radius 3 is 1.95 bits per heavy atom. The van der Waals surface area contributed by atoms with Gasteiger partial charge in [0, 0.05) is 5.92 Å². The summed E-state index contributed by atoms with van der Waals surface area (Å²) in [5, 5.41) is 0. The summed E-state index contributed by atoms with van der Waals surface area (Å²) in [5.74, 6) is 0.191. The maximum atomic E-state index is 11.2. The molecule has 3 nitrogen and oxygen atoms in total. The molecule has 3 rings (SSSR count). The number of benzene rings is 2. The van der Waals surface area contributed by atoms with Crippen LogP contribution >= 0.6 is 0 Å². The van der Waals surface area contributed by atoms with Gasteiger partial charge >= 0.3 is 0 Å². The van der Waals surface area contributed by atoms with E-state index in [4.69, 9.17) is 4.18 Å². The Morgan fingerprint density at radius 1 is 0.955 bits per heavy atom. The van der Waals surface area contributed by atoms with E-state index in [1.807, 2.05) is 0 Å². The highest BCUT2D eigenvalue weighted by atomic mass is 32.2. The highest BCUT2D eigenvalue weighted by Gasteiger charge is 2.23. The van der Waals surface area contributed by atoms with E-state index < -0.39 is 10.1 Å². The van der Waals surface area contributed by atoms with Gasteiger partial charge in [-0.05, 0) is 41.5 Å². The molecule has 0 fully saturated rings. The fourth-order valence-corrected chi connectivity index (χ4v) is 3.67. The van der Waals surface area contributed by atoms with E-state index in [1.165, 1.54) is 22.3 Å². The van der Waals surface area contributed by atoms with Gasteiger partial charge in [0.15, 0.2) is 0 Å². The van der Waals surface area contributed by atoms with Gasteiger partial charge in [-0.1, -0.05) is 48.5 Å². The van der Waals surface area contributed by atoms with E-state index in [1.54, 1.807) is 0 Å². The van der Waals surface area contributed by atoms with Gasteiger partial charge in [0.05, 0.1) is 12.9 Å². The lowest BCUT2D eigenvalue weighted by atomic mass is 9.86. The molecule has 0 spiro atoms. The van der Waals surface area contributed by atoms with Crippen molar-refractivity contribution in [2.24, 2.45) is 0 Å². The molecule has 1 aliphatic carbocycles. The Kier molecular flexibility index (Phi) is 4.32. The minimum Gasteiger partial charge on any atom is -0.270 e. The maximum Gasteiger partial charge on any atom is 0.264 e. The Morgan fingerprint density at radius 2 is 1.45 bits per heavy atom. The zero-order valence-electron chi connectivity index (χ0n) is 12.7. The van der Waals surface area contributed by atoms with Crippen LogP contribution in [0.3, 0.4) is 0 Å². The van der Waals surface area contributed by atoms with Crippen LogP contribution in [0.4, 0.5) is 0 Å². The molecule has 4 heteroatoms. The predicted octanol–water partition coefficient (Wildman–Crippen LogP) is 3.28. The highest BCUT2D eigenvalue weighted by molar-refractivity contribution is 7.85. The van der Waals surface area contributed by atoms with Gasteiger partial charge in [-0.3, -0.25) is 4.18 Å². The van der Waals surface area contributed by atoms with Crippen LogP contribution in [-0.2, 0) is 27.1 Å². The second kappa shape index (κ2) is 6.23. The maximum absolute atomic E-state index is 11.2. The number of fused-ring (bicyclic) bond motifs is 2. The first kappa shape index (κ1) is 15.3. The highest BCUT2D eigenvalue weighted by Crippen LogP contribution is 2.36. The van der Waals surface area contributed by atoms with Crippen molar-refractivity contribution in [2.75, 3.05) is 12.9 Å². The first-order valence-corrected chi connectivity index (χ1v) is 9.36. The second-order valence-corrected chi connectivity index (χ2v) is 7.41. The van der Waals surface area contributed by atoms with Crippen molar-refractivity contribution in [2.45, 2.75) is 25.2 Å². The summed E-state index contributed by atoms with van der Waals surface area (Å²) < 4.78 is 27.4. The largest absolute Gasteiger partial charge is 0.270 e. The van der Waals surface area contributed by atoms with Crippen LogP contribution < -0.4 is 0 Å². The molecule has 22 heavy (non-hydrogen) atoms. The zero-order valence-corrected chi connectivity index (χ0v) is 13.5. The van der Waals surface area contributed by atoms with Gasteiger partial charge in [0.1, 0.15) is 0 Å². The lowest BCUT2D eigenvalue weighted by molar-refractivity contribution is 0.309. The molecule has 0 aliphatic heterocycles. The summed E-state index contributed by atoms with van der Waals surface area (Å²) in [6, 6.07) is 16.9. The average Bonchev–Trinajstić information content (AvgIpc) is 2.64. The van der Waals surface area contributed by atoms with Crippen molar-refractivity contribution in [3.63, 3.8) is 0 Å². The zero-order chi connectivity index (χ0) is 15.6. The van der Waals surface area contributed by atoms with Crippen molar-refractivity contribution in [1.29, 1.82) is 0 Å². The summed E-state index contributed by atoms with van der Waals surface area (Å²) in [5.41, 5.74) is 5.29. The van der Waals surface area contributed by atoms with Crippen molar-refractivity contribution in [1.82, 2.24) is 0 Å². The van der Waals surface area contributed by atoms with E-state index >= 15 is 0 Å². The van der Waals surface area contributed by atoms with E-state index in [0.29, 0.717) is 6.42 Å². The molecule has 0 aromatic heterocycles. The van der Waals surface area contributed by atoms with Crippen molar-refractivity contribution < 1.29 is 12.6 Å². The minimum absolute atomic E-state index is 0.191. The molecule has 0 atom stereocenters. The molecule has 0 heterocycles.